The number of hydrogen-bond acceptors (Lipinski definition) is 2. The van der Waals surface area contributed by atoms with Crippen LogP contribution in [0.3, 0.4) is 0 Å². The van der Waals surface area contributed by atoms with E-state index in [1.165, 1.54) is 5.56 Å². The zero-order valence-corrected chi connectivity index (χ0v) is 9.71. The zero-order valence-electron chi connectivity index (χ0n) is 8.06. The Bertz CT molecular complexity index is 304. The smallest absolute Gasteiger partial charge is 0.0625 e. The lowest BCUT2D eigenvalue weighted by molar-refractivity contribution is 0.589. The topological polar surface area (TPSA) is 12.0 Å². The molecule has 0 aliphatic heterocycles. The molecule has 0 aliphatic rings. The Morgan fingerprint density at radius 3 is 2.31 bits per heavy atom. The Balaban J connectivity index is 3.10. The summed E-state index contributed by atoms with van der Waals surface area (Å²) in [5.41, 5.74) is 2.26. The van der Waals surface area contributed by atoms with Crippen LogP contribution in [-0.4, -0.2) is 0 Å². The summed E-state index contributed by atoms with van der Waals surface area (Å²) in [6, 6.07) is 6.04. The van der Waals surface area contributed by atoms with E-state index in [-0.39, 0.29) is 5.41 Å². The summed E-state index contributed by atoms with van der Waals surface area (Å²) in [7, 11) is 0. The summed E-state index contributed by atoms with van der Waals surface area (Å²) >= 11 is 9.83. The highest BCUT2D eigenvalue weighted by Gasteiger charge is 2.14. The molecule has 0 aliphatic carbocycles. The first kappa shape index (κ1) is 10.7. The average molecular weight is 216 g/mol. The largest absolute Gasteiger partial charge is 0.297 e. The lowest BCUT2D eigenvalue weighted by Crippen LogP contribution is -2.10. The highest BCUT2D eigenvalue weighted by atomic mass is 35.5. The highest BCUT2D eigenvalue weighted by molar-refractivity contribution is 7.80. The minimum Gasteiger partial charge on any atom is -0.297 e. The Morgan fingerprint density at radius 1 is 1.31 bits per heavy atom. The molecule has 1 aromatic rings. The van der Waals surface area contributed by atoms with Gasteiger partial charge in [0, 0.05) is 16.7 Å². The molecule has 3 heteroatoms. The first-order valence-corrected chi connectivity index (χ1v) is 4.98. The third-order valence-electron chi connectivity index (χ3n) is 1.97. The minimum absolute atomic E-state index is 0.155. The number of thiol groups is 1. The standard InChI is InChI=1S/C10H14ClNS/c1-10(2,3)7-4-5-8(12-11)9(13)6-7/h4-6,12-13H,1-3H3. The molecule has 0 bridgehead atoms. The number of anilines is 1. The molecule has 0 unspecified atom stereocenters. The number of benzene rings is 1. The molecule has 0 spiro atoms. The second kappa shape index (κ2) is 3.81. The molecule has 0 saturated carbocycles. The summed E-state index contributed by atoms with van der Waals surface area (Å²) in [5, 5.41) is 0. The second-order valence-corrected chi connectivity index (χ2v) is 4.75. The lowest BCUT2D eigenvalue weighted by atomic mass is 9.87. The van der Waals surface area contributed by atoms with E-state index in [9.17, 15) is 0 Å². The van der Waals surface area contributed by atoms with Gasteiger partial charge in [0.2, 0.25) is 0 Å². The Labute approximate surface area is 90.0 Å². The van der Waals surface area contributed by atoms with Gasteiger partial charge in [0.1, 0.15) is 0 Å². The normalized spacial score (nSPS) is 11.5. The van der Waals surface area contributed by atoms with E-state index in [1.807, 2.05) is 12.1 Å². The number of rotatable bonds is 1. The van der Waals surface area contributed by atoms with Crippen LogP contribution in [0.1, 0.15) is 26.3 Å². The van der Waals surface area contributed by atoms with Crippen molar-refractivity contribution in [2.75, 3.05) is 4.84 Å². The molecular formula is C10H14ClNS. The van der Waals surface area contributed by atoms with Crippen molar-refractivity contribution >= 4 is 30.1 Å². The van der Waals surface area contributed by atoms with Crippen LogP contribution in [0.5, 0.6) is 0 Å². The van der Waals surface area contributed by atoms with Crippen molar-refractivity contribution in [3.8, 4) is 0 Å². The summed E-state index contributed by atoms with van der Waals surface area (Å²) in [5.74, 6) is 0. The lowest BCUT2D eigenvalue weighted by Gasteiger charge is -2.19. The van der Waals surface area contributed by atoms with E-state index in [2.05, 4.69) is 44.3 Å². The fraction of sp³-hybridized carbons (Fsp3) is 0.400. The van der Waals surface area contributed by atoms with Gasteiger partial charge in [-0.1, -0.05) is 26.8 Å². The predicted octanol–water partition coefficient (Wildman–Crippen LogP) is 3.84. The molecule has 0 heterocycles. The van der Waals surface area contributed by atoms with Crippen molar-refractivity contribution in [1.29, 1.82) is 0 Å². The number of hydrogen-bond donors (Lipinski definition) is 2. The van der Waals surface area contributed by atoms with Gasteiger partial charge < -0.3 is 0 Å². The summed E-state index contributed by atoms with van der Waals surface area (Å²) < 4.78 is 0. The van der Waals surface area contributed by atoms with E-state index >= 15 is 0 Å². The van der Waals surface area contributed by atoms with Gasteiger partial charge in [-0.2, -0.15) is 0 Å². The van der Waals surface area contributed by atoms with Gasteiger partial charge in [-0.05, 0) is 23.1 Å². The Morgan fingerprint density at radius 2 is 1.92 bits per heavy atom. The molecule has 0 atom stereocenters. The van der Waals surface area contributed by atoms with Gasteiger partial charge in [0.25, 0.3) is 0 Å². The van der Waals surface area contributed by atoms with Crippen molar-refractivity contribution in [3.63, 3.8) is 0 Å². The maximum absolute atomic E-state index is 5.50. The molecular weight excluding hydrogens is 202 g/mol. The predicted molar refractivity (Wildman–Crippen MR) is 61.9 cm³/mol. The van der Waals surface area contributed by atoms with Crippen LogP contribution in [0.25, 0.3) is 0 Å². The third kappa shape index (κ3) is 2.55. The van der Waals surface area contributed by atoms with Crippen molar-refractivity contribution in [3.05, 3.63) is 23.8 Å². The van der Waals surface area contributed by atoms with Gasteiger partial charge in [-0.25, -0.2) is 0 Å². The van der Waals surface area contributed by atoms with Crippen LogP contribution >= 0.6 is 24.4 Å². The van der Waals surface area contributed by atoms with Gasteiger partial charge in [-0.15, -0.1) is 12.6 Å². The van der Waals surface area contributed by atoms with Crippen molar-refractivity contribution in [2.24, 2.45) is 0 Å². The van der Waals surface area contributed by atoms with E-state index in [0.717, 1.165) is 10.6 Å². The molecule has 1 aromatic carbocycles. The first-order valence-electron chi connectivity index (χ1n) is 4.15. The second-order valence-electron chi connectivity index (χ2n) is 4.08. The maximum Gasteiger partial charge on any atom is 0.0625 e. The molecule has 0 radical (unpaired) electrons. The number of halogens is 1. The zero-order chi connectivity index (χ0) is 10.1. The summed E-state index contributed by atoms with van der Waals surface area (Å²) in [6.45, 7) is 6.51. The fourth-order valence-corrected chi connectivity index (χ4v) is 1.58. The van der Waals surface area contributed by atoms with Crippen LogP contribution in [0, 0.1) is 0 Å². The van der Waals surface area contributed by atoms with Crippen LogP contribution < -0.4 is 4.84 Å². The van der Waals surface area contributed by atoms with E-state index in [1.54, 1.807) is 0 Å². The van der Waals surface area contributed by atoms with Crippen molar-refractivity contribution in [2.45, 2.75) is 31.1 Å². The minimum atomic E-state index is 0.155. The monoisotopic (exact) mass is 215 g/mol. The molecule has 72 valence electrons. The van der Waals surface area contributed by atoms with Crippen molar-refractivity contribution in [1.82, 2.24) is 0 Å². The van der Waals surface area contributed by atoms with E-state index in [4.69, 9.17) is 11.8 Å². The molecule has 0 amide bonds. The molecule has 1 rings (SSSR count). The molecule has 1 nitrogen and oxygen atoms in total. The highest BCUT2D eigenvalue weighted by Crippen LogP contribution is 2.28. The van der Waals surface area contributed by atoms with Gasteiger partial charge in [-0.3, -0.25) is 4.84 Å². The van der Waals surface area contributed by atoms with Gasteiger partial charge >= 0.3 is 0 Å². The first-order chi connectivity index (χ1) is 5.95. The maximum atomic E-state index is 5.50. The molecule has 0 saturated heterocycles. The molecule has 1 N–H and O–H groups in total. The Kier molecular flexibility index (Phi) is 3.14. The fourth-order valence-electron chi connectivity index (χ4n) is 1.08. The summed E-state index contributed by atoms with van der Waals surface area (Å²) in [6.07, 6.45) is 0. The quantitative estimate of drug-likeness (QED) is 0.536. The van der Waals surface area contributed by atoms with Gasteiger partial charge in [0.15, 0.2) is 0 Å². The van der Waals surface area contributed by atoms with E-state index in [0.29, 0.717) is 0 Å². The number of nitrogens with one attached hydrogen (secondary N) is 1. The average Bonchev–Trinajstić information content (AvgIpc) is 2.02. The van der Waals surface area contributed by atoms with Crippen LogP contribution in [0.4, 0.5) is 5.69 Å². The van der Waals surface area contributed by atoms with Gasteiger partial charge in [0.05, 0.1) is 5.69 Å². The third-order valence-corrected chi connectivity index (χ3v) is 2.54. The van der Waals surface area contributed by atoms with Crippen LogP contribution in [0.2, 0.25) is 0 Å². The Hall–Kier alpha value is -0.340. The van der Waals surface area contributed by atoms with Crippen LogP contribution in [0.15, 0.2) is 23.1 Å². The SMILES string of the molecule is CC(C)(C)c1ccc(NCl)c(S)c1. The summed E-state index contributed by atoms with van der Waals surface area (Å²) in [4.78, 5) is 3.45. The van der Waals surface area contributed by atoms with Crippen molar-refractivity contribution < 1.29 is 0 Å². The molecule has 0 fully saturated rings. The molecule has 0 aromatic heterocycles. The van der Waals surface area contributed by atoms with E-state index < -0.39 is 0 Å². The van der Waals surface area contributed by atoms with Crippen LogP contribution in [-0.2, 0) is 5.41 Å². The molecule has 13 heavy (non-hydrogen) atoms.